The van der Waals surface area contributed by atoms with Crippen LogP contribution in [0.1, 0.15) is 30.3 Å². The first-order valence-corrected chi connectivity index (χ1v) is 6.21. The number of pyridine rings is 1. The quantitative estimate of drug-likeness (QED) is 0.881. The lowest BCUT2D eigenvalue weighted by atomic mass is 10.3. The van der Waals surface area contributed by atoms with Gasteiger partial charge < -0.3 is 9.73 Å². The standard InChI is InChI=1S/C12H14BrN3O/c1-8-6-15-12(17-8)9(2)14-7-10-4-3-5-11(13)16-10/h3-6,9,14H,7H2,1-2H3. The van der Waals surface area contributed by atoms with Gasteiger partial charge in [-0.2, -0.15) is 0 Å². The van der Waals surface area contributed by atoms with Crippen molar-refractivity contribution in [2.45, 2.75) is 26.4 Å². The van der Waals surface area contributed by atoms with Crippen LogP contribution in [0.25, 0.3) is 0 Å². The van der Waals surface area contributed by atoms with Crippen molar-refractivity contribution in [3.05, 3.63) is 46.3 Å². The molecule has 0 aromatic carbocycles. The van der Waals surface area contributed by atoms with E-state index in [0.29, 0.717) is 12.4 Å². The fourth-order valence-corrected chi connectivity index (χ4v) is 1.85. The predicted molar refractivity (Wildman–Crippen MR) is 68.4 cm³/mol. The molecule has 2 rings (SSSR count). The molecule has 0 aliphatic rings. The van der Waals surface area contributed by atoms with Crippen LogP contribution in [0.2, 0.25) is 0 Å². The molecule has 5 heteroatoms. The van der Waals surface area contributed by atoms with Gasteiger partial charge in [0.25, 0.3) is 0 Å². The van der Waals surface area contributed by atoms with Gasteiger partial charge in [0.15, 0.2) is 0 Å². The number of aryl methyl sites for hydroxylation is 1. The molecule has 0 aliphatic carbocycles. The molecule has 0 amide bonds. The molecule has 1 unspecified atom stereocenters. The van der Waals surface area contributed by atoms with Gasteiger partial charge in [-0.3, -0.25) is 0 Å². The van der Waals surface area contributed by atoms with Crippen molar-refractivity contribution in [3.63, 3.8) is 0 Å². The molecule has 1 N–H and O–H groups in total. The third kappa shape index (κ3) is 3.38. The zero-order valence-electron chi connectivity index (χ0n) is 9.77. The van der Waals surface area contributed by atoms with Gasteiger partial charge in [-0.25, -0.2) is 9.97 Å². The first-order valence-electron chi connectivity index (χ1n) is 5.42. The lowest BCUT2D eigenvalue weighted by Crippen LogP contribution is -2.19. The molecule has 90 valence electrons. The fourth-order valence-electron chi connectivity index (χ4n) is 1.47. The van der Waals surface area contributed by atoms with Gasteiger partial charge in [-0.15, -0.1) is 0 Å². The van der Waals surface area contributed by atoms with Crippen LogP contribution >= 0.6 is 15.9 Å². The van der Waals surface area contributed by atoms with E-state index in [9.17, 15) is 0 Å². The number of aromatic nitrogens is 2. The minimum Gasteiger partial charge on any atom is -0.444 e. The van der Waals surface area contributed by atoms with E-state index in [2.05, 4.69) is 31.2 Å². The number of halogens is 1. The van der Waals surface area contributed by atoms with Gasteiger partial charge in [-0.1, -0.05) is 6.07 Å². The van der Waals surface area contributed by atoms with Gasteiger partial charge in [0.05, 0.1) is 17.9 Å². The summed E-state index contributed by atoms with van der Waals surface area (Å²) in [6, 6.07) is 5.92. The largest absolute Gasteiger partial charge is 0.444 e. The van der Waals surface area contributed by atoms with Gasteiger partial charge in [-0.05, 0) is 41.9 Å². The smallest absolute Gasteiger partial charge is 0.211 e. The molecule has 0 bridgehead atoms. The minimum atomic E-state index is 0.0736. The van der Waals surface area contributed by atoms with Gasteiger partial charge in [0, 0.05) is 6.54 Å². The molecule has 1 atom stereocenters. The number of nitrogens with zero attached hydrogens (tertiary/aromatic N) is 2. The summed E-state index contributed by atoms with van der Waals surface area (Å²) in [5, 5.41) is 3.32. The second-order valence-corrected chi connectivity index (χ2v) is 4.68. The van der Waals surface area contributed by atoms with Crippen LogP contribution in [0, 0.1) is 6.92 Å². The molecule has 4 nitrogen and oxygen atoms in total. The van der Waals surface area contributed by atoms with Crippen LogP contribution in [0.4, 0.5) is 0 Å². The molecule has 0 fully saturated rings. The highest BCUT2D eigenvalue weighted by Gasteiger charge is 2.10. The molecule has 0 spiro atoms. The Bertz CT molecular complexity index is 498. The van der Waals surface area contributed by atoms with Crippen LogP contribution in [0.5, 0.6) is 0 Å². The first kappa shape index (κ1) is 12.3. The Morgan fingerprint density at radius 1 is 1.47 bits per heavy atom. The molecule has 2 heterocycles. The van der Waals surface area contributed by atoms with Crippen LogP contribution in [-0.4, -0.2) is 9.97 Å². The van der Waals surface area contributed by atoms with Gasteiger partial charge in [0.1, 0.15) is 10.4 Å². The summed E-state index contributed by atoms with van der Waals surface area (Å²) < 4.78 is 6.30. The lowest BCUT2D eigenvalue weighted by molar-refractivity contribution is 0.401. The van der Waals surface area contributed by atoms with Crippen LogP contribution < -0.4 is 5.32 Å². The second kappa shape index (κ2) is 5.42. The van der Waals surface area contributed by atoms with E-state index >= 15 is 0 Å². The zero-order chi connectivity index (χ0) is 12.3. The first-order chi connectivity index (χ1) is 8.15. The summed E-state index contributed by atoms with van der Waals surface area (Å²) in [7, 11) is 0. The monoisotopic (exact) mass is 295 g/mol. The molecular formula is C12H14BrN3O. The van der Waals surface area contributed by atoms with E-state index in [1.807, 2.05) is 32.0 Å². The third-order valence-corrected chi connectivity index (χ3v) is 2.81. The predicted octanol–water partition coefficient (Wildman–Crippen LogP) is 2.99. The number of oxazole rings is 1. The van der Waals surface area contributed by atoms with Crippen LogP contribution in [0.3, 0.4) is 0 Å². The highest BCUT2D eigenvalue weighted by molar-refractivity contribution is 9.10. The summed E-state index contributed by atoms with van der Waals surface area (Å²) in [5.41, 5.74) is 0.981. The molecule has 0 saturated carbocycles. The molecular weight excluding hydrogens is 282 g/mol. The van der Waals surface area contributed by atoms with Crippen LogP contribution in [-0.2, 0) is 6.54 Å². The van der Waals surface area contributed by atoms with E-state index in [0.717, 1.165) is 16.1 Å². The molecule has 2 aromatic rings. The van der Waals surface area contributed by atoms with Crippen molar-refractivity contribution in [3.8, 4) is 0 Å². The van der Waals surface area contributed by atoms with Crippen LogP contribution in [0.15, 0.2) is 33.4 Å². The SMILES string of the molecule is Cc1cnc(C(C)NCc2cccc(Br)n2)o1. The van der Waals surface area contributed by atoms with Crippen molar-refractivity contribution < 1.29 is 4.42 Å². The summed E-state index contributed by atoms with van der Waals surface area (Å²) in [4.78, 5) is 8.53. The summed E-state index contributed by atoms with van der Waals surface area (Å²) in [6.07, 6.45) is 1.73. The van der Waals surface area contributed by atoms with Gasteiger partial charge >= 0.3 is 0 Å². The van der Waals surface area contributed by atoms with E-state index in [1.54, 1.807) is 6.20 Å². The summed E-state index contributed by atoms with van der Waals surface area (Å²) >= 11 is 3.35. The van der Waals surface area contributed by atoms with E-state index < -0.39 is 0 Å². The second-order valence-electron chi connectivity index (χ2n) is 3.86. The Morgan fingerprint density at radius 2 is 2.29 bits per heavy atom. The van der Waals surface area contributed by atoms with Gasteiger partial charge in [0.2, 0.25) is 5.89 Å². The third-order valence-electron chi connectivity index (χ3n) is 2.37. The zero-order valence-corrected chi connectivity index (χ0v) is 11.4. The van der Waals surface area contributed by atoms with Crippen molar-refractivity contribution in [1.82, 2.24) is 15.3 Å². The fraction of sp³-hybridized carbons (Fsp3) is 0.333. The van der Waals surface area contributed by atoms with Crippen molar-refractivity contribution in [1.29, 1.82) is 0 Å². The highest BCUT2D eigenvalue weighted by Crippen LogP contribution is 2.13. The van der Waals surface area contributed by atoms with E-state index in [4.69, 9.17) is 4.42 Å². The Morgan fingerprint density at radius 3 is 2.94 bits per heavy atom. The maximum atomic E-state index is 5.45. The Labute approximate surface area is 109 Å². The Hall–Kier alpha value is -1.20. The average molecular weight is 296 g/mol. The van der Waals surface area contributed by atoms with Crippen molar-refractivity contribution in [2.75, 3.05) is 0 Å². The van der Waals surface area contributed by atoms with E-state index in [1.165, 1.54) is 0 Å². The molecule has 17 heavy (non-hydrogen) atoms. The summed E-state index contributed by atoms with van der Waals surface area (Å²) in [6.45, 7) is 4.59. The molecule has 0 aliphatic heterocycles. The number of hydrogen-bond donors (Lipinski definition) is 1. The normalized spacial score (nSPS) is 12.6. The summed E-state index contributed by atoms with van der Waals surface area (Å²) in [5.74, 6) is 1.53. The van der Waals surface area contributed by atoms with Crippen molar-refractivity contribution >= 4 is 15.9 Å². The molecule has 0 radical (unpaired) electrons. The van der Waals surface area contributed by atoms with Crippen molar-refractivity contribution in [2.24, 2.45) is 0 Å². The maximum Gasteiger partial charge on any atom is 0.211 e. The van der Waals surface area contributed by atoms with E-state index in [-0.39, 0.29) is 6.04 Å². The topological polar surface area (TPSA) is 51.0 Å². The minimum absolute atomic E-state index is 0.0736. The number of rotatable bonds is 4. The Balaban J connectivity index is 1.94. The molecule has 0 saturated heterocycles. The maximum absolute atomic E-state index is 5.45. The molecule has 2 aromatic heterocycles. The number of hydrogen-bond acceptors (Lipinski definition) is 4. The highest BCUT2D eigenvalue weighted by atomic mass is 79.9. The number of nitrogens with one attached hydrogen (secondary N) is 1. The lowest BCUT2D eigenvalue weighted by Gasteiger charge is -2.09. The Kier molecular flexibility index (Phi) is 3.91. The average Bonchev–Trinajstić information content (AvgIpc) is 2.73.